The molecule has 0 aromatic carbocycles. The second-order valence-electron chi connectivity index (χ2n) is 2.98. The van der Waals surface area contributed by atoms with Crippen LogP contribution in [0.4, 0.5) is 13.2 Å². The fourth-order valence-corrected chi connectivity index (χ4v) is 1.06. The average molecular weight is 208 g/mol. The van der Waals surface area contributed by atoms with Gasteiger partial charge in [-0.3, -0.25) is 4.68 Å². The third kappa shape index (κ3) is 2.47. The Kier molecular flexibility index (Phi) is 3.15. The van der Waals surface area contributed by atoms with Crippen LogP contribution in [-0.2, 0) is 6.54 Å². The number of aliphatic hydroxyl groups excluding tert-OH is 1. The lowest BCUT2D eigenvalue weighted by Crippen LogP contribution is -2.19. The van der Waals surface area contributed by atoms with Crippen LogP contribution >= 0.6 is 0 Å². The van der Waals surface area contributed by atoms with Gasteiger partial charge in [-0.2, -0.15) is 18.3 Å². The Labute approximate surface area is 79.2 Å². The van der Waals surface area contributed by atoms with Crippen LogP contribution in [0.25, 0.3) is 0 Å². The Morgan fingerprint density at radius 1 is 1.57 bits per heavy atom. The Bertz CT molecular complexity index is 295. The molecule has 1 heterocycles. The van der Waals surface area contributed by atoms with Gasteiger partial charge in [0.1, 0.15) is 0 Å². The topological polar surface area (TPSA) is 38.0 Å². The molecular weight excluding hydrogens is 197 g/mol. The second-order valence-corrected chi connectivity index (χ2v) is 2.98. The van der Waals surface area contributed by atoms with E-state index in [1.807, 2.05) is 6.92 Å². The molecule has 0 aliphatic carbocycles. The largest absolute Gasteiger partial charge is 0.418 e. The van der Waals surface area contributed by atoms with Crippen LogP contribution in [0, 0.1) is 0 Å². The number of hydrogen-bond acceptors (Lipinski definition) is 2. The maximum atomic E-state index is 12.0. The number of aromatic nitrogens is 2. The Morgan fingerprint density at radius 3 is 2.71 bits per heavy atom. The molecule has 1 aromatic heterocycles. The van der Waals surface area contributed by atoms with E-state index in [1.54, 1.807) is 0 Å². The Morgan fingerprint density at radius 2 is 2.21 bits per heavy atom. The molecule has 1 aromatic rings. The van der Waals surface area contributed by atoms with Crippen LogP contribution in [-0.4, -0.2) is 21.1 Å². The minimum Gasteiger partial charge on any atom is -0.379 e. The van der Waals surface area contributed by atoms with Crippen LogP contribution in [0.1, 0.15) is 25.0 Å². The third-order valence-corrected chi connectivity index (χ3v) is 1.73. The molecule has 1 N–H and O–H groups in total. The first-order chi connectivity index (χ1) is 6.45. The number of nitrogens with zero attached hydrogens (tertiary/aromatic N) is 2. The smallest absolute Gasteiger partial charge is 0.379 e. The van der Waals surface area contributed by atoms with E-state index in [1.165, 1.54) is 10.9 Å². The van der Waals surface area contributed by atoms with Gasteiger partial charge in [-0.25, -0.2) is 0 Å². The highest BCUT2D eigenvalue weighted by atomic mass is 19.4. The van der Waals surface area contributed by atoms with Crippen molar-refractivity contribution in [2.24, 2.45) is 0 Å². The van der Waals surface area contributed by atoms with E-state index < -0.39 is 12.3 Å². The molecule has 1 rings (SSSR count). The van der Waals surface area contributed by atoms with E-state index in [0.717, 1.165) is 12.6 Å². The first-order valence-corrected chi connectivity index (χ1v) is 4.22. The molecule has 0 aliphatic heterocycles. The summed E-state index contributed by atoms with van der Waals surface area (Å²) in [5.41, 5.74) is -0.217. The van der Waals surface area contributed by atoms with Gasteiger partial charge in [0, 0.05) is 18.3 Å². The van der Waals surface area contributed by atoms with Crippen molar-refractivity contribution >= 4 is 0 Å². The summed E-state index contributed by atoms with van der Waals surface area (Å²) in [4.78, 5) is 0. The van der Waals surface area contributed by atoms with Gasteiger partial charge >= 0.3 is 6.18 Å². The van der Waals surface area contributed by atoms with E-state index in [-0.39, 0.29) is 5.56 Å². The maximum absolute atomic E-state index is 12.0. The number of aryl methyl sites for hydroxylation is 1. The highest BCUT2D eigenvalue weighted by Gasteiger charge is 2.40. The van der Waals surface area contributed by atoms with Crippen molar-refractivity contribution in [3.63, 3.8) is 0 Å². The fourth-order valence-electron chi connectivity index (χ4n) is 1.06. The third-order valence-electron chi connectivity index (χ3n) is 1.73. The number of alkyl halides is 3. The van der Waals surface area contributed by atoms with Gasteiger partial charge < -0.3 is 5.11 Å². The number of rotatable bonds is 3. The summed E-state index contributed by atoms with van der Waals surface area (Å²) in [7, 11) is 0. The van der Waals surface area contributed by atoms with Crippen LogP contribution in [0.3, 0.4) is 0 Å². The summed E-state index contributed by atoms with van der Waals surface area (Å²) < 4.78 is 37.5. The molecule has 6 heteroatoms. The van der Waals surface area contributed by atoms with E-state index in [0.29, 0.717) is 6.54 Å². The molecule has 0 aliphatic rings. The number of halogens is 3. The van der Waals surface area contributed by atoms with Gasteiger partial charge in [0.25, 0.3) is 0 Å². The predicted molar refractivity (Wildman–Crippen MR) is 43.5 cm³/mol. The lowest BCUT2D eigenvalue weighted by Gasteiger charge is -2.11. The summed E-state index contributed by atoms with van der Waals surface area (Å²) in [5, 5.41) is 12.6. The van der Waals surface area contributed by atoms with Crippen molar-refractivity contribution in [3.8, 4) is 0 Å². The zero-order valence-corrected chi connectivity index (χ0v) is 7.62. The SMILES string of the molecule is CCCn1cc([C@H](O)C(F)(F)F)cn1. The molecule has 0 radical (unpaired) electrons. The monoisotopic (exact) mass is 208 g/mol. The van der Waals surface area contributed by atoms with Crippen molar-refractivity contribution in [2.75, 3.05) is 0 Å². The first-order valence-electron chi connectivity index (χ1n) is 4.22. The molecular formula is C8H11F3N2O. The summed E-state index contributed by atoms with van der Waals surface area (Å²) >= 11 is 0. The zero-order valence-electron chi connectivity index (χ0n) is 7.62. The van der Waals surface area contributed by atoms with E-state index in [4.69, 9.17) is 5.11 Å². The van der Waals surface area contributed by atoms with Crippen LogP contribution in [0.5, 0.6) is 0 Å². The van der Waals surface area contributed by atoms with E-state index in [9.17, 15) is 13.2 Å². The van der Waals surface area contributed by atoms with E-state index >= 15 is 0 Å². The minimum atomic E-state index is -4.62. The van der Waals surface area contributed by atoms with Crippen molar-refractivity contribution in [1.29, 1.82) is 0 Å². The molecule has 0 spiro atoms. The minimum absolute atomic E-state index is 0.217. The predicted octanol–water partition coefficient (Wildman–Crippen LogP) is 1.89. The van der Waals surface area contributed by atoms with Crippen molar-refractivity contribution < 1.29 is 18.3 Å². The molecule has 0 bridgehead atoms. The molecule has 3 nitrogen and oxygen atoms in total. The van der Waals surface area contributed by atoms with Gasteiger partial charge in [-0.15, -0.1) is 0 Å². The highest BCUT2D eigenvalue weighted by molar-refractivity contribution is 5.09. The van der Waals surface area contributed by atoms with Crippen LogP contribution < -0.4 is 0 Å². The lowest BCUT2D eigenvalue weighted by atomic mass is 10.2. The van der Waals surface area contributed by atoms with Crippen molar-refractivity contribution in [2.45, 2.75) is 32.2 Å². The molecule has 0 fully saturated rings. The van der Waals surface area contributed by atoms with Gasteiger partial charge in [0.15, 0.2) is 6.10 Å². The second kappa shape index (κ2) is 4.00. The molecule has 14 heavy (non-hydrogen) atoms. The average Bonchev–Trinajstić information content (AvgIpc) is 2.50. The summed E-state index contributed by atoms with van der Waals surface area (Å²) in [6.07, 6.45) is -4.04. The quantitative estimate of drug-likeness (QED) is 0.823. The van der Waals surface area contributed by atoms with Crippen molar-refractivity contribution in [1.82, 2.24) is 9.78 Å². The number of hydrogen-bond donors (Lipinski definition) is 1. The van der Waals surface area contributed by atoms with Gasteiger partial charge in [0.2, 0.25) is 0 Å². The van der Waals surface area contributed by atoms with Crippen LogP contribution in [0.15, 0.2) is 12.4 Å². The zero-order chi connectivity index (χ0) is 10.8. The van der Waals surface area contributed by atoms with Crippen molar-refractivity contribution in [3.05, 3.63) is 18.0 Å². The summed E-state index contributed by atoms with van der Waals surface area (Å²) in [6, 6.07) is 0. The molecule has 0 amide bonds. The Balaban J connectivity index is 2.76. The van der Waals surface area contributed by atoms with Crippen LogP contribution in [0.2, 0.25) is 0 Å². The first kappa shape index (κ1) is 11.0. The summed E-state index contributed by atoms with van der Waals surface area (Å²) in [6.45, 7) is 2.44. The van der Waals surface area contributed by atoms with Gasteiger partial charge in [-0.1, -0.05) is 6.92 Å². The van der Waals surface area contributed by atoms with E-state index in [2.05, 4.69) is 5.10 Å². The lowest BCUT2D eigenvalue weighted by molar-refractivity contribution is -0.206. The molecule has 0 saturated carbocycles. The normalized spacial score (nSPS) is 14.4. The Hall–Kier alpha value is -1.04. The molecule has 1 atom stereocenters. The maximum Gasteiger partial charge on any atom is 0.418 e. The fraction of sp³-hybridized carbons (Fsp3) is 0.625. The van der Waals surface area contributed by atoms with Gasteiger partial charge in [0.05, 0.1) is 6.20 Å². The number of aliphatic hydroxyl groups is 1. The summed E-state index contributed by atoms with van der Waals surface area (Å²) in [5.74, 6) is 0. The molecule has 80 valence electrons. The highest BCUT2D eigenvalue weighted by Crippen LogP contribution is 2.31. The van der Waals surface area contributed by atoms with Gasteiger partial charge in [-0.05, 0) is 6.42 Å². The molecule has 0 saturated heterocycles. The molecule has 0 unspecified atom stereocenters. The standard InChI is InChI=1S/C8H11F3N2O/c1-2-3-13-5-6(4-12-13)7(14)8(9,10)11/h4-5,7,14H,2-3H2,1H3/t7-/m0/s1.